The number of carbonyl (C=O) groups is 1. The number of benzene rings is 1. The highest BCUT2D eigenvalue weighted by atomic mass is 35.5. The normalized spacial score (nSPS) is 16.1. The predicted molar refractivity (Wildman–Crippen MR) is 75.7 cm³/mol. The third kappa shape index (κ3) is 3.74. The molecule has 1 fully saturated rings. The highest BCUT2D eigenvalue weighted by Gasteiger charge is 2.23. The van der Waals surface area contributed by atoms with Crippen molar-refractivity contribution in [1.82, 2.24) is 0 Å². The molecule has 6 nitrogen and oxygen atoms in total. The standard InChI is InChI=1S/C13H15ClO6S/c1-8-9(13(14)15)3-4-10(21(2,16)17)12(8)20-7-11-18-5-6-19-11/h3-4,11H,5-7H2,1-2H3. The lowest BCUT2D eigenvalue weighted by atomic mass is 10.1. The first-order chi connectivity index (χ1) is 9.80. The molecule has 0 spiro atoms. The summed E-state index contributed by atoms with van der Waals surface area (Å²) < 4.78 is 39.6. The van der Waals surface area contributed by atoms with E-state index in [1.165, 1.54) is 12.1 Å². The summed E-state index contributed by atoms with van der Waals surface area (Å²) in [5.41, 5.74) is 0.572. The van der Waals surface area contributed by atoms with Gasteiger partial charge in [0.1, 0.15) is 17.3 Å². The van der Waals surface area contributed by atoms with Crippen LogP contribution in [0.15, 0.2) is 17.0 Å². The monoisotopic (exact) mass is 334 g/mol. The highest BCUT2D eigenvalue weighted by molar-refractivity contribution is 7.90. The van der Waals surface area contributed by atoms with Crippen LogP contribution < -0.4 is 4.74 Å². The van der Waals surface area contributed by atoms with Gasteiger partial charge >= 0.3 is 0 Å². The Balaban J connectivity index is 2.38. The molecule has 0 N–H and O–H groups in total. The molecule has 1 aliphatic heterocycles. The first kappa shape index (κ1) is 16.2. The van der Waals surface area contributed by atoms with E-state index in [0.29, 0.717) is 18.8 Å². The molecule has 1 aromatic carbocycles. The maximum atomic E-state index is 11.8. The van der Waals surface area contributed by atoms with Gasteiger partial charge in [0, 0.05) is 17.4 Å². The number of carbonyl (C=O) groups excluding carboxylic acids is 1. The molecule has 0 aromatic heterocycles. The van der Waals surface area contributed by atoms with Crippen molar-refractivity contribution >= 4 is 26.7 Å². The maximum absolute atomic E-state index is 11.8. The van der Waals surface area contributed by atoms with Crippen molar-refractivity contribution in [2.75, 3.05) is 26.1 Å². The average Bonchev–Trinajstić information content (AvgIpc) is 2.88. The van der Waals surface area contributed by atoms with Crippen LogP contribution in [-0.4, -0.2) is 46.0 Å². The Labute approximate surface area is 127 Å². The molecular formula is C13H15ClO6S. The fourth-order valence-corrected chi connectivity index (χ4v) is 3.07. The molecule has 8 heteroatoms. The molecule has 116 valence electrons. The average molecular weight is 335 g/mol. The fraction of sp³-hybridized carbons (Fsp3) is 0.462. The van der Waals surface area contributed by atoms with Crippen molar-refractivity contribution < 1.29 is 27.4 Å². The van der Waals surface area contributed by atoms with E-state index in [9.17, 15) is 13.2 Å². The Morgan fingerprint density at radius 3 is 2.52 bits per heavy atom. The van der Waals surface area contributed by atoms with E-state index >= 15 is 0 Å². The van der Waals surface area contributed by atoms with Gasteiger partial charge in [-0.2, -0.15) is 0 Å². The van der Waals surface area contributed by atoms with Crippen molar-refractivity contribution in [1.29, 1.82) is 0 Å². The summed E-state index contributed by atoms with van der Waals surface area (Å²) in [5.74, 6) is 0.100. The molecule has 0 aliphatic carbocycles. The molecule has 0 unspecified atom stereocenters. The van der Waals surface area contributed by atoms with Crippen LogP contribution in [0.4, 0.5) is 0 Å². The van der Waals surface area contributed by atoms with Crippen LogP contribution in [-0.2, 0) is 19.3 Å². The van der Waals surface area contributed by atoms with Gasteiger partial charge in [0.25, 0.3) is 5.24 Å². The van der Waals surface area contributed by atoms with Crippen LogP contribution >= 0.6 is 11.6 Å². The fourth-order valence-electron chi connectivity index (χ4n) is 2.01. The Bertz CT molecular complexity index is 649. The van der Waals surface area contributed by atoms with Gasteiger partial charge in [-0.25, -0.2) is 8.42 Å². The zero-order chi connectivity index (χ0) is 15.6. The molecule has 1 saturated heterocycles. The number of rotatable bonds is 5. The first-order valence-electron chi connectivity index (χ1n) is 6.20. The van der Waals surface area contributed by atoms with Crippen LogP contribution in [0.5, 0.6) is 5.75 Å². The highest BCUT2D eigenvalue weighted by Crippen LogP contribution is 2.31. The Morgan fingerprint density at radius 1 is 1.38 bits per heavy atom. The topological polar surface area (TPSA) is 78.9 Å². The number of ether oxygens (including phenoxy) is 3. The molecule has 1 aliphatic rings. The largest absolute Gasteiger partial charge is 0.487 e. The van der Waals surface area contributed by atoms with Crippen LogP contribution in [0.3, 0.4) is 0 Å². The van der Waals surface area contributed by atoms with E-state index in [4.69, 9.17) is 25.8 Å². The van der Waals surface area contributed by atoms with Gasteiger partial charge in [0.2, 0.25) is 0 Å². The van der Waals surface area contributed by atoms with E-state index in [1.54, 1.807) is 6.92 Å². The van der Waals surface area contributed by atoms with Crippen LogP contribution in [0.1, 0.15) is 15.9 Å². The summed E-state index contributed by atoms with van der Waals surface area (Å²) in [6.45, 7) is 2.54. The van der Waals surface area contributed by atoms with Gasteiger partial charge in [-0.05, 0) is 30.7 Å². The lowest BCUT2D eigenvalue weighted by molar-refractivity contribution is -0.0690. The molecule has 0 radical (unpaired) electrons. The lowest BCUT2D eigenvalue weighted by Gasteiger charge is -2.17. The molecule has 1 aromatic rings. The summed E-state index contributed by atoms with van der Waals surface area (Å²) >= 11 is 5.48. The Morgan fingerprint density at radius 2 is 2.00 bits per heavy atom. The molecule has 0 saturated carbocycles. The first-order valence-corrected chi connectivity index (χ1v) is 8.47. The summed E-state index contributed by atoms with van der Waals surface area (Å²) in [4.78, 5) is 11.4. The van der Waals surface area contributed by atoms with Crippen molar-refractivity contribution in [2.24, 2.45) is 0 Å². The molecular weight excluding hydrogens is 320 g/mol. The van der Waals surface area contributed by atoms with Crippen molar-refractivity contribution in [3.8, 4) is 5.75 Å². The van der Waals surface area contributed by atoms with Gasteiger partial charge in [0.05, 0.1) is 13.2 Å². The number of sulfone groups is 1. The lowest BCUT2D eigenvalue weighted by Crippen LogP contribution is -2.20. The van der Waals surface area contributed by atoms with E-state index in [2.05, 4.69) is 0 Å². The summed E-state index contributed by atoms with van der Waals surface area (Å²) in [6, 6.07) is 2.68. The molecule has 0 atom stereocenters. The van der Waals surface area contributed by atoms with Gasteiger partial charge < -0.3 is 14.2 Å². The second kappa shape index (κ2) is 6.31. The third-order valence-corrected chi connectivity index (χ3v) is 4.36. The van der Waals surface area contributed by atoms with E-state index in [-0.39, 0.29) is 22.8 Å². The number of halogens is 1. The van der Waals surface area contributed by atoms with Crippen molar-refractivity contribution in [3.63, 3.8) is 0 Å². The zero-order valence-electron chi connectivity index (χ0n) is 11.6. The predicted octanol–water partition coefficient (Wildman–Crippen LogP) is 1.53. The minimum absolute atomic E-state index is 0.000311. The van der Waals surface area contributed by atoms with Crippen molar-refractivity contribution in [2.45, 2.75) is 18.1 Å². The minimum atomic E-state index is -3.51. The number of hydrogen-bond acceptors (Lipinski definition) is 6. The summed E-state index contributed by atoms with van der Waals surface area (Å²) in [5, 5.41) is -0.675. The van der Waals surface area contributed by atoms with Crippen LogP contribution in [0.2, 0.25) is 0 Å². The van der Waals surface area contributed by atoms with Gasteiger partial charge in [0.15, 0.2) is 16.1 Å². The smallest absolute Gasteiger partial charge is 0.252 e. The van der Waals surface area contributed by atoms with Gasteiger partial charge in [-0.1, -0.05) is 0 Å². The number of hydrogen-bond donors (Lipinski definition) is 0. The van der Waals surface area contributed by atoms with E-state index in [1.807, 2.05) is 0 Å². The molecule has 21 heavy (non-hydrogen) atoms. The van der Waals surface area contributed by atoms with Crippen LogP contribution in [0.25, 0.3) is 0 Å². The summed E-state index contributed by atoms with van der Waals surface area (Å²) in [7, 11) is -3.51. The summed E-state index contributed by atoms with van der Waals surface area (Å²) in [6.07, 6.45) is 0.520. The van der Waals surface area contributed by atoms with E-state index < -0.39 is 21.4 Å². The minimum Gasteiger partial charge on any atom is -0.487 e. The van der Waals surface area contributed by atoms with Gasteiger partial charge in [-0.15, -0.1) is 0 Å². The van der Waals surface area contributed by atoms with E-state index in [0.717, 1.165) is 6.26 Å². The second-order valence-corrected chi connectivity index (χ2v) is 6.92. The Kier molecular flexibility index (Phi) is 4.88. The third-order valence-electron chi connectivity index (χ3n) is 3.04. The second-order valence-electron chi connectivity index (χ2n) is 4.59. The molecule has 0 amide bonds. The maximum Gasteiger partial charge on any atom is 0.252 e. The van der Waals surface area contributed by atoms with Gasteiger partial charge in [-0.3, -0.25) is 4.79 Å². The zero-order valence-corrected chi connectivity index (χ0v) is 13.2. The molecule has 0 bridgehead atoms. The Hall–Kier alpha value is -1.15. The van der Waals surface area contributed by atoms with Crippen molar-refractivity contribution in [3.05, 3.63) is 23.3 Å². The molecule has 1 heterocycles. The SMILES string of the molecule is Cc1c(C(=O)Cl)ccc(S(C)(=O)=O)c1OCC1OCCO1. The quantitative estimate of drug-likeness (QED) is 0.760. The molecule has 2 rings (SSSR count). The van der Waals surface area contributed by atoms with Crippen LogP contribution in [0, 0.1) is 6.92 Å².